The zero-order chi connectivity index (χ0) is 13.1. The van der Waals surface area contributed by atoms with Crippen molar-refractivity contribution in [3.8, 4) is 6.26 Å². The van der Waals surface area contributed by atoms with Crippen LogP contribution in [0.2, 0.25) is 0 Å². The summed E-state index contributed by atoms with van der Waals surface area (Å²) >= 11 is 0. The fourth-order valence-electron chi connectivity index (χ4n) is 1.71. The van der Waals surface area contributed by atoms with Gasteiger partial charge in [-0.05, 0) is 0 Å². The van der Waals surface area contributed by atoms with Gasteiger partial charge in [-0.25, -0.2) is 9.78 Å². The Labute approximate surface area is 101 Å². The van der Waals surface area contributed by atoms with Gasteiger partial charge in [0, 0.05) is 6.42 Å². The van der Waals surface area contributed by atoms with Crippen LogP contribution in [0.3, 0.4) is 0 Å². The van der Waals surface area contributed by atoms with E-state index in [4.69, 9.17) is 15.7 Å². The summed E-state index contributed by atoms with van der Waals surface area (Å²) in [6.45, 7) is -0.0707. The summed E-state index contributed by atoms with van der Waals surface area (Å²) in [4.78, 5) is 18.7. The summed E-state index contributed by atoms with van der Waals surface area (Å²) in [6.07, 6.45) is 0.691. The van der Waals surface area contributed by atoms with Crippen LogP contribution in [0.25, 0.3) is 0 Å². The second kappa shape index (κ2) is 4.99. The van der Waals surface area contributed by atoms with Crippen LogP contribution in [0.1, 0.15) is 12.6 Å². The maximum Gasteiger partial charge on any atom is 0.354 e. The van der Waals surface area contributed by atoms with Crippen molar-refractivity contribution in [2.45, 2.75) is 24.9 Å². The zero-order valence-corrected chi connectivity index (χ0v) is 9.26. The van der Waals surface area contributed by atoms with E-state index in [1.54, 1.807) is 0 Å². The molecule has 2 rings (SSSR count). The van der Waals surface area contributed by atoms with Crippen LogP contribution in [-0.4, -0.2) is 38.5 Å². The lowest BCUT2D eigenvalue weighted by atomic mass is 10.2. The van der Waals surface area contributed by atoms with Gasteiger partial charge in [-0.15, -0.1) is 0 Å². The predicted molar refractivity (Wildman–Crippen MR) is 56.8 cm³/mol. The van der Waals surface area contributed by atoms with Crippen LogP contribution in [0.5, 0.6) is 0 Å². The number of nitriles is 1. The predicted octanol–water partition coefficient (Wildman–Crippen LogP) is -1.63. The molecule has 1 fully saturated rings. The minimum absolute atomic E-state index is 0.0707. The lowest BCUT2D eigenvalue weighted by Gasteiger charge is -2.14. The molecule has 0 bridgehead atoms. The SMILES string of the molecule is N#COC[C@H]1O[C@@H](n2cnc(N)nc2=O)C[C@@H]1O. The number of aliphatic hydroxyl groups excluding tert-OH is 1. The van der Waals surface area contributed by atoms with Gasteiger partial charge in [0.1, 0.15) is 25.3 Å². The molecule has 0 unspecified atom stereocenters. The monoisotopic (exact) mass is 253 g/mol. The van der Waals surface area contributed by atoms with Crippen molar-refractivity contribution in [2.24, 2.45) is 0 Å². The molecule has 1 saturated heterocycles. The van der Waals surface area contributed by atoms with Gasteiger partial charge >= 0.3 is 5.69 Å². The third kappa shape index (κ3) is 2.39. The quantitative estimate of drug-likeness (QED) is 0.612. The van der Waals surface area contributed by atoms with Crippen LogP contribution in [0.15, 0.2) is 11.1 Å². The van der Waals surface area contributed by atoms with Gasteiger partial charge in [0.05, 0.1) is 6.10 Å². The highest BCUT2D eigenvalue weighted by Crippen LogP contribution is 2.27. The van der Waals surface area contributed by atoms with E-state index in [9.17, 15) is 9.90 Å². The van der Waals surface area contributed by atoms with Gasteiger partial charge in [0.25, 0.3) is 6.26 Å². The molecule has 1 aromatic rings. The highest BCUT2D eigenvalue weighted by atomic mass is 16.6. The van der Waals surface area contributed by atoms with E-state index < -0.39 is 24.1 Å². The van der Waals surface area contributed by atoms with E-state index in [0.717, 1.165) is 4.57 Å². The van der Waals surface area contributed by atoms with Gasteiger partial charge in [-0.2, -0.15) is 10.2 Å². The Hall–Kier alpha value is -2.18. The van der Waals surface area contributed by atoms with Crippen LogP contribution in [0, 0.1) is 11.5 Å². The molecular formula is C9H11N5O4. The molecule has 0 saturated carbocycles. The number of hydrogen-bond acceptors (Lipinski definition) is 8. The number of hydrogen-bond donors (Lipinski definition) is 2. The molecule has 9 heteroatoms. The zero-order valence-electron chi connectivity index (χ0n) is 9.26. The summed E-state index contributed by atoms with van der Waals surface area (Å²) in [6, 6.07) is 0. The van der Waals surface area contributed by atoms with Crippen LogP contribution >= 0.6 is 0 Å². The van der Waals surface area contributed by atoms with Crippen molar-refractivity contribution in [3.05, 3.63) is 16.8 Å². The van der Waals surface area contributed by atoms with E-state index >= 15 is 0 Å². The first-order valence-corrected chi connectivity index (χ1v) is 5.17. The number of aromatic nitrogens is 3. The molecule has 9 nitrogen and oxygen atoms in total. The van der Waals surface area contributed by atoms with Crippen molar-refractivity contribution in [1.29, 1.82) is 5.26 Å². The maximum absolute atomic E-state index is 11.5. The molecule has 1 aliphatic rings. The summed E-state index contributed by atoms with van der Waals surface area (Å²) in [5, 5.41) is 18.0. The lowest BCUT2D eigenvalue weighted by Crippen LogP contribution is -2.29. The van der Waals surface area contributed by atoms with Crippen molar-refractivity contribution >= 4 is 5.95 Å². The highest BCUT2D eigenvalue weighted by Gasteiger charge is 2.36. The maximum atomic E-state index is 11.5. The molecule has 3 N–H and O–H groups in total. The second-order valence-corrected chi connectivity index (χ2v) is 3.74. The van der Waals surface area contributed by atoms with E-state index in [2.05, 4.69) is 14.7 Å². The van der Waals surface area contributed by atoms with Gasteiger partial charge in [0.2, 0.25) is 5.95 Å². The first-order chi connectivity index (χ1) is 8.61. The second-order valence-electron chi connectivity index (χ2n) is 3.74. The molecule has 1 aromatic heterocycles. The summed E-state index contributed by atoms with van der Waals surface area (Å²) in [5.74, 6) is -0.126. The number of rotatable bonds is 3. The number of aliphatic hydroxyl groups is 1. The smallest absolute Gasteiger partial charge is 0.354 e. The first-order valence-electron chi connectivity index (χ1n) is 5.17. The first kappa shape index (κ1) is 12.3. The van der Waals surface area contributed by atoms with E-state index in [-0.39, 0.29) is 19.0 Å². The molecule has 18 heavy (non-hydrogen) atoms. The van der Waals surface area contributed by atoms with Gasteiger partial charge in [-0.3, -0.25) is 4.57 Å². The van der Waals surface area contributed by atoms with Crippen LogP contribution < -0.4 is 11.4 Å². The molecule has 3 atom stereocenters. The summed E-state index contributed by atoms with van der Waals surface area (Å²) < 4.78 is 11.0. The van der Waals surface area contributed by atoms with Crippen molar-refractivity contribution in [3.63, 3.8) is 0 Å². The van der Waals surface area contributed by atoms with Gasteiger partial charge in [-0.1, -0.05) is 0 Å². The Morgan fingerprint density at radius 3 is 3.22 bits per heavy atom. The number of nitrogens with zero attached hydrogens (tertiary/aromatic N) is 4. The van der Waals surface area contributed by atoms with Gasteiger partial charge in [0.15, 0.2) is 0 Å². The summed E-state index contributed by atoms with van der Waals surface area (Å²) in [7, 11) is 0. The van der Waals surface area contributed by atoms with Crippen molar-refractivity contribution in [2.75, 3.05) is 12.3 Å². The summed E-state index contributed by atoms with van der Waals surface area (Å²) in [5.41, 5.74) is 4.66. The Bertz CT molecular complexity index is 524. The molecule has 0 aromatic carbocycles. The minimum atomic E-state index is -0.826. The number of anilines is 1. The van der Waals surface area contributed by atoms with Crippen LogP contribution in [-0.2, 0) is 9.47 Å². The molecule has 1 aliphatic heterocycles. The topological polar surface area (TPSA) is 136 Å². The largest absolute Gasteiger partial charge is 0.425 e. The van der Waals surface area contributed by atoms with Gasteiger partial charge < -0.3 is 20.3 Å². The molecule has 2 heterocycles. The Balaban J connectivity index is 2.12. The number of nitrogen functional groups attached to an aromatic ring is 1. The van der Waals surface area contributed by atoms with Crippen molar-refractivity contribution < 1.29 is 14.6 Å². The molecule has 0 amide bonds. The molecular weight excluding hydrogens is 242 g/mol. The molecule has 0 aliphatic carbocycles. The molecule has 96 valence electrons. The fraction of sp³-hybridized carbons (Fsp3) is 0.556. The molecule has 0 radical (unpaired) electrons. The number of nitrogens with two attached hydrogens (primary N) is 1. The molecule has 0 spiro atoms. The minimum Gasteiger partial charge on any atom is -0.425 e. The van der Waals surface area contributed by atoms with Crippen molar-refractivity contribution in [1.82, 2.24) is 14.5 Å². The van der Waals surface area contributed by atoms with E-state index in [1.165, 1.54) is 12.6 Å². The fourth-order valence-corrected chi connectivity index (χ4v) is 1.71. The van der Waals surface area contributed by atoms with Crippen LogP contribution in [0.4, 0.5) is 5.95 Å². The number of ether oxygens (including phenoxy) is 2. The lowest BCUT2D eigenvalue weighted by molar-refractivity contribution is -0.0466. The third-order valence-electron chi connectivity index (χ3n) is 2.57. The average Bonchev–Trinajstić information content (AvgIpc) is 2.68. The highest BCUT2D eigenvalue weighted by molar-refractivity contribution is 5.09. The Kier molecular flexibility index (Phi) is 3.40. The van der Waals surface area contributed by atoms with E-state index in [0.29, 0.717) is 0 Å². The third-order valence-corrected chi connectivity index (χ3v) is 2.57. The average molecular weight is 253 g/mol. The Morgan fingerprint density at radius 1 is 1.78 bits per heavy atom. The standard InChI is InChI=1S/C9H11N5O4/c10-3-17-2-6-5(15)1-7(18-6)14-4-12-8(11)13-9(14)16/h4-7,15H,1-2H2,(H2,11,13,16)/t5-,6+,7+/m0/s1. The Morgan fingerprint density at radius 2 is 2.56 bits per heavy atom. The normalized spacial score (nSPS) is 26.8. The van der Waals surface area contributed by atoms with E-state index in [1.807, 2.05) is 0 Å².